The quantitative estimate of drug-likeness (QED) is 0.605. The SMILES string of the molecule is NC[C@H]1CC[C@H]1C(F)F. The normalized spacial score (nSPS) is 34.7. The van der Waals surface area contributed by atoms with E-state index in [1.807, 2.05) is 0 Å². The smallest absolute Gasteiger partial charge is 0.241 e. The summed E-state index contributed by atoms with van der Waals surface area (Å²) in [6.07, 6.45) is -0.585. The van der Waals surface area contributed by atoms with Crippen LogP contribution in [0.1, 0.15) is 12.8 Å². The molecular weight excluding hydrogens is 124 g/mol. The summed E-state index contributed by atoms with van der Waals surface area (Å²) in [7, 11) is 0. The lowest BCUT2D eigenvalue weighted by Crippen LogP contribution is -2.36. The number of nitrogens with two attached hydrogens (primary N) is 1. The standard InChI is InChI=1S/C6H11F2N/c7-6(8)5-2-1-4(5)3-9/h4-6H,1-3,9H2/t4-,5-/m1/s1. The highest BCUT2D eigenvalue weighted by molar-refractivity contribution is 4.82. The average Bonchev–Trinajstić information content (AvgIpc) is 1.61. The first-order chi connectivity index (χ1) is 4.25. The topological polar surface area (TPSA) is 26.0 Å². The summed E-state index contributed by atoms with van der Waals surface area (Å²) < 4.78 is 23.7. The van der Waals surface area contributed by atoms with Gasteiger partial charge in [0.15, 0.2) is 0 Å². The summed E-state index contributed by atoms with van der Waals surface area (Å²) in [5.41, 5.74) is 5.23. The van der Waals surface area contributed by atoms with Crippen LogP contribution in [0.25, 0.3) is 0 Å². The first-order valence-electron chi connectivity index (χ1n) is 3.24. The second kappa shape index (κ2) is 2.60. The van der Waals surface area contributed by atoms with Crippen molar-refractivity contribution in [3.05, 3.63) is 0 Å². The molecule has 0 aromatic carbocycles. The van der Waals surface area contributed by atoms with Crippen LogP contribution in [0.3, 0.4) is 0 Å². The van der Waals surface area contributed by atoms with Crippen molar-refractivity contribution in [3.63, 3.8) is 0 Å². The molecule has 0 unspecified atom stereocenters. The Bertz CT molecular complexity index is 93.1. The molecule has 0 spiro atoms. The Balaban J connectivity index is 2.27. The van der Waals surface area contributed by atoms with Crippen LogP contribution >= 0.6 is 0 Å². The van der Waals surface area contributed by atoms with Crippen molar-refractivity contribution in [1.82, 2.24) is 0 Å². The molecule has 0 aromatic heterocycles. The Morgan fingerprint density at radius 3 is 2.22 bits per heavy atom. The van der Waals surface area contributed by atoms with Crippen LogP contribution in [0, 0.1) is 11.8 Å². The zero-order valence-electron chi connectivity index (χ0n) is 5.19. The third-order valence-corrected chi connectivity index (χ3v) is 2.10. The lowest BCUT2D eigenvalue weighted by atomic mass is 9.74. The summed E-state index contributed by atoms with van der Waals surface area (Å²) in [6.45, 7) is 0.426. The molecule has 9 heavy (non-hydrogen) atoms. The Hall–Kier alpha value is -0.180. The molecule has 1 fully saturated rings. The van der Waals surface area contributed by atoms with Gasteiger partial charge in [-0.3, -0.25) is 0 Å². The van der Waals surface area contributed by atoms with Crippen LogP contribution in [0.5, 0.6) is 0 Å². The third-order valence-electron chi connectivity index (χ3n) is 2.10. The van der Waals surface area contributed by atoms with E-state index in [1.165, 1.54) is 0 Å². The van der Waals surface area contributed by atoms with Crippen molar-refractivity contribution in [2.45, 2.75) is 19.3 Å². The van der Waals surface area contributed by atoms with Crippen molar-refractivity contribution < 1.29 is 8.78 Å². The molecule has 2 N–H and O–H groups in total. The molecule has 54 valence electrons. The number of halogens is 2. The molecule has 1 saturated carbocycles. The number of hydrogen-bond donors (Lipinski definition) is 1. The van der Waals surface area contributed by atoms with Crippen molar-refractivity contribution >= 4 is 0 Å². The van der Waals surface area contributed by atoms with Crippen LogP contribution in [0.15, 0.2) is 0 Å². The van der Waals surface area contributed by atoms with E-state index in [1.54, 1.807) is 0 Å². The predicted octanol–water partition coefficient (Wildman–Crippen LogP) is 1.24. The number of alkyl halides is 2. The summed E-state index contributed by atoms with van der Waals surface area (Å²) in [4.78, 5) is 0. The van der Waals surface area contributed by atoms with Crippen LogP contribution in [0.4, 0.5) is 8.78 Å². The van der Waals surface area contributed by atoms with Gasteiger partial charge >= 0.3 is 0 Å². The summed E-state index contributed by atoms with van der Waals surface area (Å²) in [5, 5.41) is 0. The zero-order valence-corrected chi connectivity index (χ0v) is 5.19. The highest BCUT2D eigenvalue weighted by Crippen LogP contribution is 2.37. The maximum atomic E-state index is 11.9. The van der Waals surface area contributed by atoms with E-state index in [0.29, 0.717) is 13.0 Å². The number of hydrogen-bond acceptors (Lipinski definition) is 1. The fourth-order valence-corrected chi connectivity index (χ4v) is 1.22. The molecule has 1 nitrogen and oxygen atoms in total. The van der Waals surface area contributed by atoms with Crippen LogP contribution in [-0.2, 0) is 0 Å². The molecule has 0 aromatic rings. The molecule has 0 radical (unpaired) electrons. The van der Waals surface area contributed by atoms with Crippen molar-refractivity contribution in [2.24, 2.45) is 17.6 Å². The van der Waals surface area contributed by atoms with E-state index < -0.39 is 12.3 Å². The molecule has 0 aliphatic heterocycles. The third kappa shape index (κ3) is 1.21. The molecule has 1 aliphatic carbocycles. The Morgan fingerprint density at radius 1 is 1.44 bits per heavy atom. The van der Waals surface area contributed by atoms with E-state index in [2.05, 4.69) is 0 Å². The fourth-order valence-electron chi connectivity index (χ4n) is 1.22. The van der Waals surface area contributed by atoms with Crippen molar-refractivity contribution in [3.8, 4) is 0 Å². The van der Waals surface area contributed by atoms with Gasteiger partial charge in [-0.25, -0.2) is 8.78 Å². The molecule has 0 amide bonds. The van der Waals surface area contributed by atoms with Gasteiger partial charge in [0.25, 0.3) is 0 Å². The zero-order chi connectivity index (χ0) is 6.85. The fraction of sp³-hybridized carbons (Fsp3) is 1.00. The maximum absolute atomic E-state index is 11.9. The second-order valence-electron chi connectivity index (χ2n) is 2.57. The second-order valence-corrected chi connectivity index (χ2v) is 2.57. The summed E-state index contributed by atoms with van der Waals surface area (Å²) >= 11 is 0. The van der Waals surface area contributed by atoms with Gasteiger partial charge in [-0.05, 0) is 25.3 Å². The molecule has 0 bridgehead atoms. The molecule has 0 heterocycles. The Morgan fingerprint density at radius 2 is 2.11 bits per heavy atom. The molecule has 1 aliphatic rings. The minimum absolute atomic E-state index is 0.102. The van der Waals surface area contributed by atoms with Crippen molar-refractivity contribution in [2.75, 3.05) is 6.54 Å². The predicted molar refractivity (Wildman–Crippen MR) is 31.3 cm³/mol. The Labute approximate surface area is 53.2 Å². The van der Waals surface area contributed by atoms with Crippen LogP contribution in [-0.4, -0.2) is 13.0 Å². The summed E-state index contributed by atoms with van der Waals surface area (Å²) in [5.74, 6) is -0.292. The van der Waals surface area contributed by atoms with Gasteiger partial charge in [0.1, 0.15) is 0 Å². The number of rotatable bonds is 2. The Kier molecular flexibility index (Phi) is 2.01. The van der Waals surface area contributed by atoms with Gasteiger partial charge in [0.05, 0.1) is 0 Å². The van der Waals surface area contributed by atoms with E-state index >= 15 is 0 Å². The van der Waals surface area contributed by atoms with E-state index in [-0.39, 0.29) is 5.92 Å². The van der Waals surface area contributed by atoms with Gasteiger partial charge in [-0.1, -0.05) is 0 Å². The molecule has 3 heteroatoms. The summed E-state index contributed by atoms with van der Waals surface area (Å²) in [6, 6.07) is 0. The lowest BCUT2D eigenvalue weighted by molar-refractivity contribution is -0.00809. The first-order valence-corrected chi connectivity index (χ1v) is 3.24. The van der Waals surface area contributed by atoms with Crippen molar-refractivity contribution in [1.29, 1.82) is 0 Å². The lowest BCUT2D eigenvalue weighted by Gasteiger charge is -2.34. The highest BCUT2D eigenvalue weighted by atomic mass is 19.3. The van der Waals surface area contributed by atoms with E-state index in [4.69, 9.17) is 5.73 Å². The van der Waals surface area contributed by atoms with Gasteiger partial charge in [0.2, 0.25) is 6.43 Å². The average molecular weight is 135 g/mol. The largest absolute Gasteiger partial charge is 0.330 e. The highest BCUT2D eigenvalue weighted by Gasteiger charge is 2.36. The van der Waals surface area contributed by atoms with E-state index in [9.17, 15) is 8.78 Å². The minimum Gasteiger partial charge on any atom is -0.330 e. The molecule has 1 rings (SSSR count). The van der Waals surface area contributed by atoms with Gasteiger partial charge in [-0.2, -0.15) is 0 Å². The van der Waals surface area contributed by atoms with Crippen LogP contribution in [0.2, 0.25) is 0 Å². The van der Waals surface area contributed by atoms with Gasteiger partial charge in [-0.15, -0.1) is 0 Å². The molecule has 2 atom stereocenters. The monoisotopic (exact) mass is 135 g/mol. The molecular formula is C6H11F2N. The van der Waals surface area contributed by atoms with Gasteiger partial charge in [0, 0.05) is 5.92 Å². The van der Waals surface area contributed by atoms with E-state index in [0.717, 1.165) is 6.42 Å². The minimum atomic E-state index is -2.15. The van der Waals surface area contributed by atoms with Crippen LogP contribution < -0.4 is 5.73 Å². The first kappa shape index (κ1) is 6.93. The van der Waals surface area contributed by atoms with Gasteiger partial charge < -0.3 is 5.73 Å². The maximum Gasteiger partial charge on any atom is 0.241 e. The molecule has 0 saturated heterocycles.